The molecule has 18 heavy (non-hydrogen) atoms. The lowest BCUT2D eigenvalue weighted by Gasteiger charge is -2.25. The van der Waals surface area contributed by atoms with Crippen LogP contribution in [0.5, 0.6) is 0 Å². The van der Waals surface area contributed by atoms with Gasteiger partial charge in [-0.3, -0.25) is 9.69 Å². The van der Waals surface area contributed by atoms with E-state index in [-0.39, 0.29) is 11.8 Å². The maximum Gasteiger partial charge on any atom is 0.236 e. The summed E-state index contributed by atoms with van der Waals surface area (Å²) < 4.78 is 4.97. The number of carbonyl (C=O) groups excluding carboxylic acids is 1. The van der Waals surface area contributed by atoms with Crippen LogP contribution in [0.15, 0.2) is 0 Å². The van der Waals surface area contributed by atoms with Crippen molar-refractivity contribution in [2.75, 3.05) is 46.9 Å². The lowest BCUT2D eigenvalue weighted by atomic mass is 10.2. The number of carbonyl (C=O) groups is 1. The molecule has 5 nitrogen and oxygen atoms in total. The predicted octanol–water partition coefficient (Wildman–Crippen LogP) is 0.963. The van der Waals surface area contributed by atoms with E-state index < -0.39 is 0 Å². The van der Waals surface area contributed by atoms with Crippen molar-refractivity contribution in [2.24, 2.45) is 5.92 Å². The number of ether oxygens (including phenoxy) is 1. The van der Waals surface area contributed by atoms with Crippen molar-refractivity contribution in [3.05, 3.63) is 0 Å². The summed E-state index contributed by atoms with van der Waals surface area (Å²) in [6.45, 7) is 6.88. The summed E-state index contributed by atoms with van der Waals surface area (Å²) in [5.41, 5.74) is 0. The number of amides is 1. The highest BCUT2D eigenvalue weighted by molar-refractivity contribution is 5.78. The second-order valence-corrected chi connectivity index (χ2v) is 4.55. The van der Waals surface area contributed by atoms with E-state index in [0.29, 0.717) is 26.2 Å². The van der Waals surface area contributed by atoms with Gasteiger partial charge in [0.05, 0.1) is 18.5 Å². The summed E-state index contributed by atoms with van der Waals surface area (Å²) in [5, 5.41) is 8.77. The first-order valence-electron chi connectivity index (χ1n) is 6.40. The monoisotopic (exact) mass is 255 g/mol. The van der Waals surface area contributed by atoms with Crippen LogP contribution in [0, 0.1) is 17.2 Å². The lowest BCUT2D eigenvalue weighted by Crippen LogP contribution is -2.41. The van der Waals surface area contributed by atoms with Crippen molar-refractivity contribution < 1.29 is 9.53 Å². The molecule has 1 unspecified atom stereocenters. The Bertz CT molecular complexity index is 276. The van der Waals surface area contributed by atoms with E-state index >= 15 is 0 Å². The highest BCUT2D eigenvalue weighted by Crippen LogP contribution is 2.00. The Morgan fingerprint density at radius 3 is 2.67 bits per heavy atom. The van der Waals surface area contributed by atoms with Crippen LogP contribution in [0.4, 0.5) is 0 Å². The summed E-state index contributed by atoms with van der Waals surface area (Å²) >= 11 is 0. The van der Waals surface area contributed by atoms with Crippen LogP contribution in [0.3, 0.4) is 0 Å². The van der Waals surface area contributed by atoms with Crippen molar-refractivity contribution in [1.29, 1.82) is 5.26 Å². The number of methoxy groups -OCH3 is 1. The molecule has 0 aromatic rings. The van der Waals surface area contributed by atoms with Crippen molar-refractivity contribution >= 4 is 5.91 Å². The zero-order valence-corrected chi connectivity index (χ0v) is 12.0. The number of nitriles is 1. The van der Waals surface area contributed by atoms with E-state index in [1.807, 2.05) is 25.8 Å². The molecule has 0 aliphatic heterocycles. The number of hydrogen-bond donors (Lipinski definition) is 0. The molecule has 0 aliphatic carbocycles. The second-order valence-electron chi connectivity index (χ2n) is 4.55. The zero-order valence-electron chi connectivity index (χ0n) is 12.0. The molecule has 0 rings (SSSR count). The summed E-state index contributed by atoms with van der Waals surface area (Å²) in [5.74, 6) is -0.0350. The van der Waals surface area contributed by atoms with Crippen molar-refractivity contribution in [3.63, 3.8) is 0 Å². The van der Waals surface area contributed by atoms with Crippen LogP contribution in [-0.2, 0) is 9.53 Å². The zero-order chi connectivity index (χ0) is 14.0. The van der Waals surface area contributed by atoms with Gasteiger partial charge in [-0.2, -0.15) is 5.26 Å². The van der Waals surface area contributed by atoms with Gasteiger partial charge in [0.1, 0.15) is 0 Å². The summed E-state index contributed by atoms with van der Waals surface area (Å²) in [7, 11) is 3.60. The van der Waals surface area contributed by atoms with Gasteiger partial charge in [-0.25, -0.2) is 0 Å². The van der Waals surface area contributed by atoms with E-state index in [1.165, 1.54) is 0 Å². The van der Waals surface area contributed by atoms with Gasteiger partial charge in [0.25, 0.3) is 0 Å². The molecule has 0 aromatic heterocycles. The van der Waals surface area contributed by atoms with E-state index in [1.54, 1.807) is 12.0 Å². The first kappa shape index (κ1) is 16.9. The molecule has 0 bridgehead atoms. The molecular formula is C13H25N3O2. The van der Waals surface area contributed by atoms with Gasteiger partial charge in [-0.1, -0.05) is 0 Å². The fourth-order valence-electron chi connectivity index (χ4n) is 1.67. The van der Waals surface area contributed by atoms with Gasteiger partial charge in [0, 0.05) is 33.4 Å². The number of likely N-dealkylation sites (N-methyl/N-ethyl adjacent to an activating group) is 2. The molecule has 104 valence electrons. The Balaban J connectivity index is 4.07. The van der Waals surface area contributed by atoms with Crippen molar-refractivity contribution in [2.45, 2.75) is 20.3 Å². The fraction of sp³-hybridized carbons (Fsp3) is 0.846. The van der Waals surface area contributed by atoms with E-state index in [2.05, 4.69) is 6.07 Å². The average Bonchev–Trinajstić information content (AvgIpc) is 2.35. The van der Waals surface area contributed by atoms with Gasteiger partial charge in [0.2, 0.25) is 5.91 Å². The molecule has 5 heteroatoms. The van der Waals surface area contributed by atoms with Gasteiger partial charge < -0.3 is 9.64 Å². The first-order valence-corrected chi connectivity index (χ1v) is 6.40. The van der Waals surface area contributed by atoms with E-state index in [4.69, 9.17) is 10.00 Å². The minimum atomic E-state index is -0.118. The van der Waals surface area contributed by atoms with Gasteiger partial charge in [-0.05, 0) is 27.3 Å². The molecule has 0 N–H and O–H groups in total. The molecule has 0 radical (unpaired) electrons. The normalized spacial score (nSPS) is 12.2. The van der Waals surface area contributed by atoms with Gasteiger partial charge in [-0.15, -0.1) is 0 Å². The molecule has 0 aliphatic rings. The summed E-state index contributed by atoms with van der Waals surface area (Å²) in [4.78, 5) is 15.7. The smallest absolute Gasteiger partial charge is 0.236 e. The van der Waals surface area contributed by atoms with Crippen molar-refractivity contribution in [3.8, 4) is 6.07 Å². The third-order valence-corrected chi connectivity index (χ3v) is 2.74. The number of hydrogen-bond acceptors (Lipinski definition) is 4. The Morgan fingerprint density at radius 1 is 1.50 bits per heavy atom. The standard InChI is InChI=1S/C13H25N3O2/c1-5-16(10-12(2)9-14)13(17)11-15(3)7-6-8-18-4/h12H,5-8,10-11H2,1-4H3. The molecule has 0 heterocycles. The maximum atomic E-state index is 12.0. The number of nitrogens with zero attached hydrogens (tertiary/aromatic N) is 3. The SMILES string of the molecule is CCN(CC(C)C#N)C(=O)CN(C)CCCOC. The molecular weight excluding hydrogens is 230 g/mol. The molecule has 0 aromatic carbocycles. The van der Waals surface area contributed by atoms with Gasteiger partial charge >= 0.3 is 0 Å². The summed E-state index contributed by atoms with van der Waals surface area (Å²) in [6, 6.07) is 2.16. The third kappa shape index (κ3) is 7.25. The molecule has 0 fully saturated rings. The van der Waals surface area contributed by atoms with Crippen LogP contribution in [0.2, 0.25) is 0 Å². The topological polar surface area (TPSA) is 56.6 Å². The maximum absolute atomic E-state index is 12.0. The minimum absolute atomic E-state index is 0.0829. The Hall–Kier alpha value is -1.12. The Morgan fingerprint density at radius 2 is 2.17 bits per heavy atom. The second kappa shape index (κ2) is 9.86. The molecule has 0 saturated carbocycles. The van der Waals surface area contributed by atoms with Crippen LogP contribution < -0.4 is 0 Å². The Kier molecular flexibility index (Phi) is 9.25. The quantitative estimate of drug-likeness (QED) is 0.576. The largest absolute Gasteiger partial charge is 0.385 e. The van der Waals surface area contributed by atoms with Crippen LogP contribution in [0.25, 0.3) is 0 Å². The van der Waals surface area contributed by atoms with Gasteiger partial charge in [0.15, 0.2) is 0 Å². The molecule has 0 spiro atoms. The predicted molar refractivity (Wildman–Crippen MR) is 71.0 cm³/mol. The highest BCUT2D eigenvalue weighted by Gasteiger charge is 2.16. The molecule has 1 atom stereocenters. The number of rotatable bonds is 9. The third-order valence-electron chi connectivity index (χ3n) is 2.74. The van der Waals surface area contributed by atoms with Crippen molar-refractivity contribution in [1.82, 2.24) is 9.80 Å². The van der Waals surface area contributed by atoms with Crippen LogP contribution in [0.1, 0.15) is 20.3 Å². The average molecular weight is 255 g/mol. The van der Waals surface area contributed by atoms with E-state index in [9.17, 15) is 4.79 Å². The lowest BCUT2D eigenvalue weighted by molar-refractivity contribution is -0.132. The minimum Gasteiger partial charge on any atom is -0.385 e. The van der Waals surface area contributed by atoms with E-state index in [0.717, 1.165) is 13.0 Å². The summed E-state index contributed by atoms with van der Waals surface area (Å²) in [6.07, 6.45) is 0.918. The highest BCUT2D eigenvalue weighted by atomic mass is 16.5. The first-order chi connectivity index (χ1) is 8.54. The van der Waals surface area contributed by atoms with Crippen LogP contribution >= 0.6 is 0 Å². The van der Waals surface area contributed by atoms with Crippen LogP contribution in [-0.4, -0.2) is 62.7 Å². The molecule has 0 saturated heterocycles. The fourth-order valence-corrected chi connectivity index (χ4v) is 1.67. The molecule has 1 amide bonds. The Labute approximate surface area is 110 Å².